The van der Waals surface area contributed by atoms with Crippen molar-refractivity contribution >= 4 is 5.95 Å². The summed E-state index contributed by atoms with van der Waals surface area (Å²) < 4.78 is 5.93. The first-order valence-corrected chi connectivity index (χ1v) is 10.7. The van der Waals surface area contributed by atoms with Gasteiger partial charge in [0.05, 0.1) is 12.3 Å². The molecule has 0 unspecified atom stereocenters. The Hall–Kier alpha value is -2.99. The predicted molar refractivity (Wildman–Crippen MR) is 120 cm³/mol. The van der Waals surface area contributed by atoms with Crippen molar-refractivity contribution in [2.45, 2.75) is 32.7 Å². The minimum atomic E-state index is 0.555. The first kappa shape index (κ1) is 20.3. The largest absolute Gasteiger partial charge is 0.494 e. The molecule has 1 aliphatic heterocycles. The highest BCUT2D eigenvalue weighted by atomic mass is 16.5. The maximum absolute atomic E-state index is 5.93. The first-order chi connectivity index (χ1) is 14.8. The van der Waals surface area contributed by atoms with Gasteiger partial charge in [0.15, 0.2) is 0 Å². The van der Waals surface area contributed by atoms with Gasteiger partial charge in [-0.15, -0.1) is 10.2 Å². The highest BCUT2D eigenvalue weighted by Crippen LogP contribution is 2.19. The van der Waals surface area contributed by atoms with Crippen LogP contribution in [0.2, 0.25) is 0 Å². The Balaban J connectivity index is 1.21. The maximum Gasteiger partial charge on any atom is 0.242 e. The summed E-state index contributed by atoms with van der Waals surface area (Å²) in [7, 11) is 0. The van der Waals surface area contributed by atoms with Crippen molar-refractivity contribution in [1.29, 1.82) is 0 Å². The summed E-state index contributed by atoms with van der Waals surface area (Å²) in [4.78, 5) is 7.04. The lowest BCUT2D eigenvalue weighted by Gasteiger charge is -2.15. The number of anilines is 1. The van der Waals surface area contributed by atoms with Gasteiger partial charge in [0.25, 0.3) is 0 Å². The molecule has 156 valence electrons. The monoisotopic (exact) mass is 403 g/mol. The predicted octanol–water partition coefficient (Wildman–Crippen LogP) is 4.32. The van der Waals surface area contributed by atoms with Crippen LogP contribution in [0.3, 0.4) is 0 Å². The molecule has 1 aromatic heterocycles. The molecule has 6 nitrogen and oxygen atoms in total. The molecule has 2 heterocycles. The van der Waals surface area contributed by atoms with Crippen LogP contribution in [-0.4, -0.2) is 46.3 Å². The number of hydrogen-bond donors (Lipinski definition) is 1. The Kier molecular flexibility index (Phi) is 6.87. The van der Waals surface area contributed by atoms with Crippen LogP contribution in [0.1, 0.15) is 30.5 Å². The molecule has 1 N–H and O–H groups in total. The fraction of sp³-hybridized carbons (Fsp3) is 0.375. The van der Waals surface area contributed by atoms with E-state index in [0.29, 0.717) is 12.6 Å². The van der Waals surface area contributed by atoms with Gasteiger partial charge in [0.1, 0.15) is 11.4 Å². The van der Waals surface area contributed by atoms with E-state index in [9.17, 15) is 0 Å². The van der Waals surface area contributed by atoms with Gasteiger partial charge in [0.2, 0.25) is 5.95 Å². The molecule has 0 aliphatic carbocycles. The molecular formula is C24H29N5O. The van der Waals surface area contributed by atoms with Crippen LogP contribution in [0.15, 0.2) is 54.6 Å². The van der Waals surface area contributed by atoms with Crippen LogP contribution >= 0.6 is 0 Å². The fourth-order valence-corrected chi connectivity index (χ4v) is 3.74. The molecule has 1 saturated heterocycles. The minimum absolute atomic E-state index is 0.555. The molecule has 6 heteroatoms. The van der Waals surface area contributed by atoms with Crippen LogP contribution in [0, 0.1) is 6.92 Å². The van der Waals surface area contributed by atoms with Crippen molar-refractivity contribution in [3.8, 4) is 17.0 Å². The van der Waals surface area contributed by atoms with Gasteiger partial charge in [-0.1, -0.05) is 42.5 Å². The lowest BCUT2D eigenvalue weighted by atomic mass is 10.1. The second-order valence-electron chi connectivity index (χ2n) is 7.69. The van der Waals surface area contributed by atoms with Gasteiger partial charge in [-0.05, 0) is 57.0 Å². The average molecular weight is 404 g/mol. The lowest BCUT2D eigenvalue weighted by molar-refractivity contribution is 0.310. The number of nitrogens with zero attached hydrogens (tertiary/aromatic N) is 4. The van der Waals surface area contributed by atoms with Gasteiger partial charge in [-0.25, -0.2) is 4.98 Å². The molecule has 0 radical (unpaired) electrons. The van der Waals surface area contributed by atoms with E-state index in [2.05, 4.69) is 43.6 Å². The molecular weight excluding hydrogens is 374 g/mol. The van der Waals surface area contributed by atoms with Gasteiger partial charge >= 0.3 is 0 Å². The van der Waals surface area contributed by atoms with Crippen LogP contribution in [-0.2, 0) is 6.54 Å². The molecule has 0 amide bonds. The van der Waals surface area contributed by atoms with E-state index < -0.39 is 0 Å². The Bertz CT molecular complexity index is 941. The highest BCUT2D eigenvalue weighted by Gasteiger charge is 2.12. The van der Waals surface area contributed by atoms with Crippen molar-refractivity contribution in [3.63, 3.8) is 0 Å². The summed E-state index contributed by atoms with van der Waals surface area (Å²) in [6, 6.07) is 18.4. The molecule has 0 atom stereocenters. The van der Waals surface area contributed by atoms with Gasteiger partial charge in [-0.2, -0.15) is 0 Å². The lowest BCUT2D eigenvalue weighted by Crippen LogP contribution is -2.18. The van der Waals surface area contributed by atoms with Crippen LogP contribution in [0.5, 0.6) is 5.75 Å². The molecule has 2 aromatic carbocycles. The van der Waals surface area contributed by atoms with Gasteiger partial charge in [-0.3, -0.25) is 4.90 Å². The van der Waals surface area contributed by atoms with Crippen molar-refractivity contribution in [3.05, 3.63) is 65.9 Å². The summed E-state index contributed by atoms with van der Waals surface area (Å²) in [5.74, 6) is 1.49. The molecule has 0 saturated carbocycles. The van der Waals surface area contributed by atoms with E-state index in [4.69, 9.17) is 4.74 Å². The summed E-state index contributed by atoms with van der Waals surface area (Å²) in [5.41, 5.74) is 4.03. The van der Waals surface area contributed by atoms with Crippen molar-refractivity contribution < 1.29 is 4.74 Å². The fourth-order valence-electron chi connectivity index (χ4n) is 3.74. The molecule has 30 heavy (non-hydrogen) atoms. The Labute approximate surface area is 178 Å². The van der Waals surface area contributed by atoms with Crippen molar-refractivity contribution in [2.24, 2.45) is 0 Å². The topological polar surface area (TPSA) is 63.2 Å². The Morgan fingerprint density at radius 1 is 1.00 bits per heavy atom. The highest BCUT2D eigenvalue weighted by molar-refractivity contribution is 5.61. The molecule has 3 aromatic rings. The van der Waals surface area contributed by atoms with Gasteiger partial charge < -0.3 is 10.1 Å². The standard InChI is InChI=1S/C24H29N5O/c1-19-23(21-10-3-2-4-11-21)27-28-24(26-19)25-13-8-16-30-22-12-7-9-20(17-22)18-29-14-5-6-15-29/h2-4,7,9-12,17H,5-6,8,13-16,18H2,1H3,(H,25,26,28). The third kappa shape index (κ3) is 5.54. The minimum Gasteiger partial charge on any atom is -0.494 e. The first-order valence-electron chi connectivity index (χ1n) is 10.7. The number of likely N-dealkylation sites (tertiary alicyclic amines) is 1. The molecule has 4 rings (SSSR count). The number of hydrogen-bond acceptors (Lipinski definition) is 6. The number of benzene rings is 2. The summed E-state index contributed by atoms with van der Waals surface area (Å²) in [6.07, 6.45) is 3.49. The van der Waals surface area contributed by atoms with E-state index in [1.807, 2.05) is 43.3 Å². The Morgan fingerprint density at radius 3 is 2.63 bits per heavy atom. The molecule has 0 spiro atoms. The summed E-state index contributed by atoms with van der Waals surface area (Å²) >= 11 is 0. The number of rotatable bonds is 9. The van der Waals surface area contributed by atoms with E-state index >= 15 is 0 Å². The van der Waals surface area contributed by atoms with Crippen LogP contribution < -0.4 is 10.1 Å². The van der Waals surface area contributed by atoms with E-state index in [-0.39, 0.29) is 0 Å². The van der Waals surface area contributed by atoms with E-state index in [1.165, 1.54) is 31.5 Å². The second kappa shape index (κ2) is 10.2. The Morgan fingerprint density at radius 2 is 1.83 bits per heavy atom. The second-order valence-corrected chi connectivity index (χ2v) is 7.69. The zero-order valence-corrected chi connectivity index (χ0v) is 17.6. The third-order valence-electron chi connectivity index (χ3n) is 5.28. The number of ether oxygens (including phenoxy) is 1. The number of aromatic nitrogens is 3. The SMILES string of the molecule is Cc1nc(NCCCOc2cccc(CN3CCCC3)c2)nnc1-c1ccccc1. The zero-order chi connectivity index (χ0) is 20.6. The average Bonchev–Trinajstić information content (AvgIpc) is 3.27. The third-order valence-corrected chi connectivity index (χ3v) is 5.28. The van der Waals surface area contributed by atoms with Crippen LogP contribution in [0.25, 0.3) is 11.3 Å². The number of aryl methyl sites for hydroxylation is 1. The van der Waals surface area contributed by atoms with E-state index in [0.717, 1.165) is 42.2 Å². The normalized spacial score (nSPS) is 14.0. The summed E-state index contributed by atoms with van der Waals surface area (Å²) in [5, 5.41) is 11.8. The van der Waals surface area contributed by atoms with Crippen LogP contribution in [0.4, 0.5) is 5.95 Å². The quantitative estimate of drug-likeness (QED) is 0.537. The molecule has 1 fully saturated rings. The maximum atomic E-state index is 5.93. The van der Waals surface area contributed by atoms with E-state index in [1.54, 1.807) is 0 Å². The molecule has 1 aliphatic rings. The summed E-state index contributed by atoms with van der Waals surface area (Å²) in [6.45, 7) is 6.77. The number of nitrogens with one attached hydrogen (secondary N) is 1. The molecule has 0 bridgehead atoms. The van der Waals surface area contributed by atoms with Crippen molar-refractivity contribution in [1.82, 2.24) is 20.1 Å². The zero-order valence-electron chi connectivity index (χ0n) is 17.6. The van der Waals surface area contributed by atoms with Crippen molar-refractivity contribution in [2.75, 3.05) is 31.6 Å². The smallest absolute Gasteiger partial charge is 0.242 e. The van der Waals surface area contributed by atoms with Gasteiger partial charge in [0, 0.05) is 18.7 Å².